The normalized spacial score (nSPS) is 14.3. The first-order valence-corrected chi connectivity index (χ1v) is 8.32. The molecule has 3 heteroatoms. The molecule has 0 radical (unpaired) electrons. The van der Waals surface area contributed by atoms with Gasteiger partial charge in [-0.25, -0.2) is 4.79 Å². The fraction of sp³-hybridized carbons (Fsp3) is 0.944. The Morgan fingerprint density at radius 2 is 1.62 bits per heavy atom. The third kappa shape index (κ3) is 10.8. The Morgan fingerprint density at radius 1 is 1.05 bits per heavy atom. The Hall–Kier alpha value is -0.570. The lowest BCUT2D eigenvalue weighted by atomic mass is 9.75. The first-order valence-electron chi connectivity index (χ1n) is 8.32. The topological polar surface area (TPSA) is 46.5 Å². The van der Waals surface area contributed by atoms with Crippen molar-refractivity contribution in [1.82, 2.24) is 0 Å². The highest BCUT2D eigenvalue weighted by molar-refractivity contribution is 5.71. The van der Waals surface area contributed by atoms with Crippen molar-refractivity contribution in [2.24, 2.45) is 22.7 Å². The molecule has 0 saturated heterocycles. The summed E-state index contributed by atoms with van der Waals surface area (Å²) >= 11 is 0. The highest BCUT2D eigenvalue weighted by atomic mass is 17.1. The second kappa shape index (κ2) is 8.77. The maximum atomic E-state index is 11.8. The van der Waals surface area contributed by atoms with Gasteiger partial charge < -0.3 is 4.89 Å². The highest BCUT2D eigenvalue weighted by Gasteiger charge is 2.29. The number of rotatable bonds is 9. The monoisotopic (exact) mass is 300 g/mol. The minimum absolute atomic E-state index is 0.0943. The average Bonchev–Trinajstić information content (AvgIpc) is 2.28. The van der Waals surface area contributed by atoms with Gasteiger partial charge in [-0.2, -0.15) is 5.26 Å². The molecular weight excluding hydrogens is 264 g/mol. The second-order valence-electron chi connectivity index (χ2n) is 8.88. The van der Waals surface area contributed by atoms with Gasteiger partial charge in [-0.3, -0.25) is 0 Å². The zero-order valence-electron chi connectivity index (χ0n) is 15.2. The molecule has 0 saturated carbocycles. The third-order valence-electron chi connectivity index (χ3n) is 3.91. The van der Waals surface area contributed by atoms with Gasteiger partial charge in [0.05, 0.1) is 5.92 Å². The van der Waals surface area contributed by atoms with Crippen LogP contribution in [0.4, 0.5) is 0 Å². The van der Waals surface area contributed by atoms with E-state index in [1.807, 2.05) is 0 Å². The molecule has 0 aromatic rings. The molecule has 1 N–H and O–H groups in total. The minimum atomic E-state index is -0.470. The van der Waals surface area contributed by atoms with Crippen molar-refractivity contribution < 1.29 is 14.9 Å². The number of carbonyl (C=O) groups excluding carboxylic acids is 1. The maximum absolute atomic E-state index is 11.8. The Balaban J connectivity index is 4.43. The van der Waals surface area contributed by atoms with Crippen LogP contribution in [0.15, 0.2) is 0 Å². The summed E-state index contributed by atoms with van der Waals surface area (Å²) in [5.41, 5.74) is 0.431. The molecule has 0 aliphatic carbocycles. The van der Waals surface area contributed by atoms with Gasteiger partial charge in [0.2, 0.25) is 0 Å². The molecular formula is C18H36O3. The zero-order valence-corrected chi connectivity index (χ0v) is 15.2. The molecule has 0 bridgehead atoms. The number of hydrogen-bond donors (Lipinski definition) is 1. The van der Waals surface area contributed by atoms with Gasteiger partial charge in [-0.05, 0) is 42.4 Å². The van der Waals surface area contributed by atoms with Crippen molar-refractivity contribution in [2.75, 3.05) is 0 Å². The highest BCUT2D eigenvalue weighted by Crippen LogP contribution is 2.35. The van der Waals surface area contributed by atoms with E-state index < -0.39 is 5.97 Å². The smallest absolute Gasteiger partial charge is 0.301 e. The van der Waals surface area contributed by atoms with E-state index in [0.29, 0.717) is 11.3 Å². The molecule has 0 aliphatic heterocycles. The van der Waals surface area contributed by atoms with E-state index >= 15 is 0 Å². The predicted molar refractivity (Wildman–Crippen MR) is 88.0 cm³/mol. The first-order chi connectivity index (χ1) is 9.47. The van der Waals surface area contributed by atoms with Crippen LogP contribution in [0.2, 0.25) is 0 Å². The summed E-state index contributed by atoms with van der Waals surface area (Å²) in [6.45, 7) is 15.5. The van der Waals surface area contributed by atoms with Crippen LogP contribution in [0, 0.1) is 22.7 Å². The van der Waals surface area contributed by atoms with E-state index in [4.69, 9.17) is 5.26 Å². The summed E-state index contributed by atoms with van der Waals surface area (Å²) in [7, 11) is 0. The van der Waals surface area contributed by atoms with Crippen LogP contribution in [0.1, 0.15) is 87.0 Å². The predicted octanol–water partition coefficient (Wildman–Crippen LogP) is 5.69. The quantitative estimate of drug-likeness (QED) is 0.338. The summed E-state index contributed by atoms with van der Waals surface area (Å²) in [5, 5.41) is 8.72. The minimum Gasteiger partial charge on any atom is -0.301 e. The molecule has 1 unspecified atom stereocenters. The van der Waals surface area contributed by atoms with E-state index in [9.17, 15) is 4.79 Å². The Labute approximate surface area is 131 Å². The van der Waals surface area contributed by atoms with Crippen LogP contribution in [0.3, 0.4) is 0 Å². The molecule has 0 heterocycles. The maximum Gasteiger partial charge on any atom is 0.345 e. The lowest BCUT2D eigenvalue weighted by Crippen LogP contribution is -2.25. The largest absolute Gasteiger partial charge is 0.345 e. The molecule has 126 valence electrons. The first kappa shape index (κ1) is 20.4. The van der Waals surface area contributed by atoms with E-state index in [-0.39, 0.29) is 11.3 Å². The fourth-order valence-corrected chi connectivity index (χ4v) is 3.28. The lowest BCUT2D eigenvalue weighted by Gasteiger charge is -2.30. The molecule has 0 amide bonds. The van der Waals surface area contributed by atoms with Crippen LogP contribution in [0.25, 0.3) is 0 Å². The number of hydrogen-bond acceptors (Lipinski definition) is 3. The third-order valence-corrected chi connectivity index (χ3v) is 3.91. The summed E-state index contributed by atoms with van der Waals surface area (Å²) in [4.78, 5) is 15.8. The van der Waals surface area contributed by atoms with Gasteiger partial charge in [0.25, 0.3) is 0 Å². The standard InChI is InChI=1S/C18H36O3/c1-14(2)12-18(6,7)13-15(16(19)21-20)10-8-9-11-17(3,4)5/h14-15,20H,8-13H2,1-7H3. The molecule has 0 aromatic heterocycles. The van der Waals surface area contributed by atoms with Crippen molar-refractivity contribution >= 4 is 5.97 Å². The van der Waals surface area contributed by atoms with E-state index in [1.54, 1.807) is 0 Å². The van der Waals surface area contributed by atoms with Gasteiger partial charge in [-0.1, -0.05) is 61.3 Å². The molecule has 0 fully saturated rings. The molecule has 1 atom stereocenters. The van der Waals surface area contributed by atoms with Gasteiger partial charge in [0.15, 0.2) is 0 Å². The van der Waals surface area contributed by atoms with Gasteiger partial charge >= 0.3 is 5.97 Å². The summed E-state index contributed by atoms with van der Waals surface area (Å²) in [6, 6.07) is 0. The van der Waals surface area contributed by atoms with Crippen LogP contribution in [0.5, 0.6) is 0 Å². The number of carbonyl (C=O) groups is 1. The van der Waals surface area contributed by atoms with Crippen LogP contribution >= 0.6 is 0 Å². The summed E-state index contributed by atoms with van der Waals surface area (Å²) in [6.07, 6.45) is 5.93. The molecule has 0 aromatic carbocycles. The van der Waals surface area contributed by atoms with Gasteiger partial charge in [0.1, 0.15) is 0 Å². The van der Waals surface area contributed by atoms with Gasteiger partial charge in [0, 0.05) is 0 Å². The zero-order chi connectivity index (χ0) is 16.7. The molecule has 0 rings (SSSR count). The van der Waals surface area contributed by atoms with Crippen molar-refractivity contribution in [3.63, 3.8) is 0 Å². The van der Waals surface area contributed by atoms with Crippen molar-refractivity contribution in [3.05, 3.63) is 0 Å². The average molecular weight is 300 g/mol. The van der Waals surface area contributed by atoms with E-state index in [2.05, 4.69) is 53.4 Å². The van der Waals surface area contributed by atoms with Crippen LogP contribution in [-0.4, -0.2) is 11.2 Å². The molecule has 0 spiro atoms. The fourth-order valence-electron chi connectivity index (χ4n) is 3.28. The summed E-state index contributed by atoms with van der Waals surface area (Å²) in [5.74, 6) is -0.0574. The van der Waals surface area contributed by atoms with Crippen LogP contribution in [-0.2, 0) is 9.68 Å². The Morgan fingerprint density at radius 3 is 2.05 bits per heavy atom. The molecule has 0 aliphatic rings. The van der Waals surface area contributed by atoms with Crippen molar-refractivity contribution in [2.45, 2.75) is 87.0 Å². The van der Waals surface area contributed by atoms with Crippen molar-refractivity contribution in [1.29, 1.82) is 0 Å². The molecule has 3 nitrogen and oxygen atoms in total. The summed E-state index contributed by atoms with van der Waals surface area (Å²) < 4.78 is 0. The van der Waals surface area contributed by atoms with E-state index in [1.165, 1.54) is 0 Å². The second-order valence-corrected chi connectivity index (χ2v) is 8.88. The lowest BCUT2D eigenvalue weighted by molar-refractivity contribution is -0.240. The number of unbranched alkanes of at least 4 members (excludes halogenated alkanes) is 1. The van der Waals surface area contributed by atoms with Crippen LogP contribution < -0.4 is 0 Å². The SMILES string of the molecule is CC(C)CC(C)(C)CC(CCCCC(C)(C)C)C(=O)OO. The van der Waals surface area contributed by atoms with Gasteiger partial charge in [-0.15, -0.1) is 0 Å². The Bertz CT molecular complexity index is 300. The van der Waals surface area contributed by atoms with Crippen molar-refractivity contribution in [3.8, 4) is 0 Å². The van der Waals surface area contributed by atoms with E-state index in [0.717, 1.165) is 38.5 Å². The molecule has 21 heavy (non-hydrogen) atoms. The Kier molecular flexibility index (Phi) is 8.53.